The highest BCUT2D eigenvalue weighted by molar-refractivity contribution is 7.15. The van der Waals surface area contributed by atoms with E-state index in [2.05, 4.69) is 18.3 Å². The SMILES string of the molecule is CCc1ccc(-c2csc(NC(=O)c3ccc([N+](=O)[O-])cc3)c2C#N)cc1. The molecule has 0 aliphatic carbocycles. The van der Waals surface area contributed by atoms with E-state index in [-0.39, 0.29) is 11.3 Å². The van der Waals surface area contributed by atoms with Crippen molar-refractivity contribution in [1.82, 2.24) is 0 Å². The highest BCUT2D eigenvalue weighted by Gasteiger charge is 2.17. The molecule has 0 bridgehead atoms. The lowest BCUT2D eigenvalue weighted by Crippen LogP contribution is -2.11. The molecule has 2 aromatic carbocycles. The Bertz CT molecular complexity index is 1030. The largest absolute Gasteiger partial charge is 0.312 e. The van der Waals surface area contributed by atoms with Gasteiger partial charge in [-0.25, -0.2) is 0 Å². The van der Waals surface area contributed by atoms with Crippen LogP contribution >= 0.6 is 11.3 Å². The summed E-state index contributed by atoms with van der Waals surface area (Å²) in [5.74, 6) is -0.420. The first-order chi connectivity index (χ1) is 13.0. The number of aryl methyl sites for hydroxylation is 1. The third-order valence-corrected chi connectivity index (χ3v) is 5.04. The van der Waals surface area contributed by atoms with Gasteiger partial charge in [0.05, 0.1) is 10.5 Å². The molecule has 1 N–H and O–H groups in total. The van der Waals surface area contributed by atoms with E-state index in [1.807, 2.05) is 29.6 Å². The van der Waals surface area contributed by atoms with Crippen molar-refractivity contribution in [3.63, 3.8) is 0 Å². The van der Waals surface area contributed by atoms with Gasteiger partial charge in [-0.05, 0) is 29.7 Å². The zero-order valence-electron chi connectivity index (χ0n) is 14.4. The number of carbonyl (C=O) groups is 1. The van der Waals surface area contributed by atoms with E-state index in [4.69, 9.17) is 0 Å². The number of non-ortho nitro benzene ring substituents is 1. The molecule has 0 atom stereocenters. The van der Waals surface area contributed by atoms with Crippen LogP contribution in [0.2, 0.25) is 0 Å². The Morgan fingerprint density at radius 1 is 1.19 bits per heavy atom. The van der Waals surface area contributed by atoms with Crippen LogP contribution in [0.4, 0.5) is 10.7 Å². The topological polar surface area (TPSA) is 96.0 Å². The predicted molar refractivity (Wildman–Crippen MR) is 105 cm³/mol. The van der Waals surface area contributed by atoms with Gasteiger partial charge in [0.2, 0.25) is 0 Å². The summed E-state index contributed by atoms with van der Waals surface area (Å²) in [4.78, 5) is 22.6. The third-order valence-electron chi connectivity index (χ3n) is 4.14. The number of hydrogen-bond donors (Lipinski definition) is 1. The first-order valence-corrected chi connectivity index (χ1v) is 9.08. The Labute approximate surface area is 159 Å². The highest BCUT2D eigenvalue weighted by atomic mass is 32.1. The molecule has 0 aliphatic rings. The van der Waals surface area contributed by atoms with Gasteiger partial charge in [0.25, 0.3) is 11.6 Å². The van der Waals surface area contributed by atoms with Gasteiger partial charge in [-0.2, -0.15) is 5.26 Å². The first kappa shape index (κ1) is 18.3. The van der Waals surface area contributed by atoms with E-state index in [0.717, 1.165) is 17.5 Å². The number of carbonyl (C=O) groups excluding carboxylic acids is 1. The van der Waals surface area contributed by atoms with E-state index in [9.17, 15) is 20.2 Å². The molecule has 0 fully saturated rings. The number of nitrogens with zero attached hydrogens (tertiary/aromatic N) is 2. The summed E-state index contributed by atoms with van der Waals surface area (Å²) in [6.07, 6.45) is 0.936. The number of nitrogens with one attached hydrogen (secondary N) is 1. The standard InChI is InChI=1S/C20H15N3O3S/c1-2-13-3-5-14(6-4-13)18-12-27-20(17(18)11-21)22-19(24)15-7-9-16(10-8-15)23(25)26/h3-10,12H,2H2,1H3,(H,22,24). The smallest absolute Gasteiger partial charge is 0.269 e. The Morgan fingerprint density at radius 2 is 1.85 bits per heavy atom. The third kappa shape index (κ3) is 3.86. The molecule has 1 amide bonds. The second-order valence-corrected chi connectivity index (χ2v) is 6.65. The minimum atomic E-state index is -0.523. The minimum absolute atomic E-state index is 0.0850. The van der Waals surface area contributed by atoms with Crippen molar-refractivity contribution >= 4 is 27.9 Å². The summed E-state index contributed by atoms with van der Waals surface area (Å²) in [5.41, 5.74) is 3.49. The monoisotopic (exact) mass is 377 g/mol. The lowest BCUT2D eigenvalue weighted by atomic mass is 10.0. The molecule has 7 heteroatoms. The van der Waals surface area contributed by atoms with Crippen molar-refractivity contribution in [2.75, 3.05) is 5.32 Å². The number of hydrogen-bond acceptors (Lipinski definition) is 5. The fourth-order valence-corrected chi connectivity index (χ4v) is 3.52. The van der Waals surface area contributed by atoms with Gasteiger partial charge < -0.3 is 5.32 Å². The molecule has 0 unspecified atom stereocenters. The zero-order chi connectivity index (χ0) is 19.4. The summed E-state index contributed by atoms with van der Waals surface area (Å²) in [5, 5.41) is 25.3. The van der Waals surface area contributed by atoms with Gasteiger partial charge in [0, 0.05) is 28.6 Å². The average molecular weight is 377 g/mol. The van der Waals surface area contributed by atoms with Crippen molar-refractivity contribution in [2.45, 2.75) is 13.3 Å². The van der Waals surface area contributed by atoms with Gasteiger partial charge in [-0.3, -0.25) is 14.9 Å². The first-order valence-electron chi connectivity index (χ1n) is 8.20. The lowest BCUT2D eigenvalue weighted by Gasteiger charge is -2.05. The van der Waals surface area contributed by atoms with E-state index in [1.165, 1.54) is 41.2 Å². The van der Waals surface area contributed by atoms with Gasteiger partial charge in [0.1, 0.15) is 11.1 Å². The van der Waals surface area contributed by atoms with Crippen LogP contribution in [0.1, 0.15) is 28.4 Å². The van der Waals surface area contributed by atoms with E-state index in [1.54, 1.807) is 0 Å². The Kier molecular flexibility index (Phi) is 5.29. The Hall–Kier alpha value is -3.50. The highest BCUT2D eigenvalue weighted by Crippen LogP contribution is 2.35. The molecule has 134 valence electrons. The van der Waals surface area contributed by atoms with Crippen LogP contribution < -0.4 is 5.32 Å². The number of benzene rings is 2. The van der Waals surface area contributed by atoms with Crippen LogP contribution in [-0.4, -0.2) is 10.8 Å². The van der Waals surface area contributed by atoms with Crippen LogP contribution in [0.25, 0.3) is 11.1 Å². The quantitative estimate of drug-likeness (QED) is 0.499. The number of amides is 1. The molecule has 27 heavy (non-hydrogen) atoms. The second-order valence-electron chi connectivity index (χ2n) is 5.77. The number of thiophene rings is 1. The van der Waals surface area contributed by atoms with E-state index in [0.29, 0.717) is 10.6 Å². The van der Waals surface area contributed by atoms with Gasteiger partial charge in [-0.15, -0.1) is 11.3 Å². The number of rotatable bonds is 5. The zero-order valence-corrected chi connectivity index (χ0v) is 15.2. The van der Waals surface area contributed by atoms with Gasteiger partial charge >= 0.3 is 0 Å². The number of nitriles is 1. The van der Waals surface area contributed by atoms with Crippen LogP contribution in [-0.2, 0) is 6.42 Å². The van der Waals surface area contributed by atoms with E-state index >= 15 is 0 Å². The van der Waals surface area contributed by atoms with Crippen LogP contribution in [0.5, 0.6) is 0 Å². The molecule has 0 saturated carbocycles. The molecule has 1 heterocycles. The van der Waals surface area contributed by atoms with Gasteiger partial charge in [-0.1, -0.05) is 31.2 Å². The van der Waals surface area contributed by atoms with Crippen molar-refractivity contribution in [2.24, 2.45) is 0 Å². The maximum absolute atomic E-state index is 12.4. The summed E-state index contributed by atoms with van der Waals surface area (Å²) in [7, 11) is 0. The molecule has 3 aromatic rings. The molecule has 0 spiro atoms. The predicted octanol–water partition coefficient (Wildman–Crippen LogP) is 5.01. The Balaban J connectivity index is 1.85. The summed E-state index contributed by atoms with van der Waals surface area (Å²) in [6, 6.07) is 15.4. The molecular weight excluding hydrogens is 362 g/mol. The fourth-order valence-electron chi connectivity index (χ4n) is 2.60. The molecular formula is C20H15N3O3S. The molecule has 6 nitrogen and oxygen atoms in total. The number of nitro groups is 1. The Morgan fingerprint density at radius 3 is 2.41 bits per heavy atom. The number of anilines is 1. The molecule has 3 rings (SSSR count). The molecule has 0 radical (unpaired) electrons. The van der Waals surface area contributed by atoms with Crippen molar-refractivity contribution in [1.29, 1.82) is 5.26 Å². The second kappa shape index (κ2) is 7.81. The lowest BCUT2D eigenvalue weighted by molar-refractivity contribution is -0.384. The summed E-state index contributed by atoms with van der Waals surface area (Å²) >= 11 is 1.27. The van der Waals surface area contributed by atoms with Crippen molar-refractivity contribution < 1.29 is 9.72 Å². The summed E-state index contributed by atoms with van der Waals surface area (Å²) < 4.78 is 0. The molecule has 1 aromatic heterocycles. The summed E-state index contributed by atoms with van der Waals surface area (Å²) in [6.45, 7) is 2.08. The maximum atomic E-state index is 12.4. The van der Waals surface area contributed by atoms with E-state index < -0.39 is 10.8 Å². The van der Waals surface area contributed by atoms with Gasteiger partial charge in [0.15, 0.2) is 0 Å². The van der Waals surface area contributed by atoms with Crippen LogP contribution in [0.3, 0.4) is 0 Å². The molecule has 0 aliphatic heterocycles. The fraction of sp³-hybridized carbons (Fsp3) is 0.100. The van der Waals surface area contributed by atoms with Crippen LogP contribution in [0.15, 0.2) is 53.9 Å². The van der Waals surface area contributed by atoms with Crippen molar-refractivity contribution in [3.8, 4) is 17.2 Å². The maximum Gasteiger partial charge on any atom is 0.269 e. The van der Waals surface area contributed by atoms with Crippen molar-refractivity contribution in [3.05, 3.63) is 80.7 Å². The van der Waals surface area contributed by atoms with Crippen LogP contribution in [0, 0.1) is 21.4 Å². The minimum Gasteiger partial charge on any atom is -0.312 e. The average Bonchev–Trinajstić information content (AvgIpc) is 3.10. The molecule has 0 saturated heterocycles. The number of nitro benzene ring substituents is 1. The normalized spacial score (nSPS) is 10.2.